The molecule has 70 valence electrons. The minimum atomic E-state index is -0.128. The maximum atomic E-state index is 12.9. The third-order valence-electron chi connectivity index (χ3n) is 2.79. The van der Waals surface area contributed by atoms with Crippen LogP contribution >= 0.6 is 0 Å². The standard InChI is InChI=1S/C11H14FN/c1-8-6-13-7-11(8)9-3-2-4-10(12)5-9/h2-5,8,11,13H,6-7H2,1H3/t8-,11+/m0/s1. The third kappa shape index (κ3) is 1.73. The van der Waals surface area contributed by atoms with Gasteiger partial charge in [-0.15, -0.1) is 0 Å². The zero-order chi connectivity index (χ0) is 9.26. The minimum Gasteiger partial charge on any atom is -0.316 e. The first-order valence-electron chi connectivity index (χ1n) is 4.73. The molecule has 0 spiro atoms. The molecule has 1 N–H and O–H groups in total. The van der Waals surface area contributed by atoms with Gasteiger partial charge in [-0.25, -0.2) is 4.39 Å². The smallest absolute Gasteiger partial charge is 0.123 e. The van der Waals surface area contributed by atoms with E-state index < -0.39 is 0 Å². The van der Waals surface area contributed by atoms with E-state index in [1.54, 1.807) is 12.1 Å². The summed E-state index contributed by atoms with van der Waals surface area (Å²) in [5, 5.41) is 3.32. The van der Waals surface area contributed by atoms with Crippen LogP contribution in [-0.4, -0.2) is 13.1 Å². The first-order valence-corrected chi connectivity index (χ1v) is 4.73. The maximum absolute atomic E-state index is 12.9. The molecule has 0 aliphatic carbocycles. The summed E-state index contributed by atoms with van der Waals surface area (Å²) >= 11 is 0. The summed E-state index contributed by atoms with van der Waals surface area (Å²) in [6, 6.07) is 6.94. The van der Waals surface area contributed by atoms with E-state index in [1.165, 1.54) is 6.07 Å². The Bertz CT molecular complexity index is 298. The Morgan fingerprint density at radius 2 is 2.23 bits per heavy atom. The van der Waals surface area contributed by atoms with Gasteiger partial charge in [0.15, 0.2) is 0 Å². The van der Waals surface area contributed by atoms with Gasteiger partial charge in [-0.2, -0.15) is 0 Å². The molecule has 2 atom stereocenters. The molecule has 2 heteroatoms. The predicted octanol–water partition coefficient (Wildman–Crippen LogP) is 2.15. The van der Waals surface area contributed by atoms with Gasteiger partial charge >= 0.3 is 0 Å². The second kappa shape index (κ2) is 3.46. The summed E-state index contributed by atoms with van der Waals surface area (Å²) in [4.78, 5) is 0. The molecule has 0 radical (unpaired) electrons. The van der Waals surface area contributed by atoms with Crippen molar-refractivity contribution in [1.82, 2.24) is 5.32 Å². The van der Waals surface area contributed by atoms with Gasteiger partial charge in [-0.05, 0) is 30.2 Å². The normalized spacial score (nSPS) is 27.8. The lowest BCUT2D eigenvalue weighted by Crippen LogP contribution is -2.08. The van der Waals surface area contributed by atoms with Gasteiger partial charge in [0.25, 0.3) is 0 Å². The van der Waals surface area contributed by atoms with Crippen LogP contribution in [0, 0.1) is 11.7 Å². The molecule has 1 saturated heterocycles. The fourth-order valence-electron chi connectivity index (χ4n) is 1.99. The molecule has 2 rings (SSSR count). The van der Waals surface area contributed by atoms with Crippen molar-refractivity contribution in [1.29, 1.82) is 0 Å². The summed E-state index contributed by atoms with van der Waals surface area (Å²) in [7, 11) is 0. The van der Waals surface area contributed by atoms with Crippen molar-refractivity contribution in [2.24, 2.45) is 5.92 Å². The van der Waals surface area contributed by atoms with E-state index >= 15 is 0 Å². The highest BCUT2D eigenvalue weighted by molar-refractivity contribution is 5.22. The van der Waals surface area contributed by atoms with Crippen molar-refractivity contribution in [3.63, 3.8) is 0 Å². The second-order valence-electron chi connectivity index (χ2n) is 3.80. The lowest BCUT2D eigenvalue weighted by Gasteiger charge is -2.14. The molecule has 0 saturated carbocycles. The van der Waals surface area contributed by atoms with Crippen LogP contribution in [-0.2, 0) is 0 Å². The van der Waals surface area contributed by atoms with Crippen molar-refractivity contribution in [3.05, 3.63) is 35.6 Å². The quantitative estimate of drug-likeness (QED) is 0.696. The Kier molecular flexibility index (Phi) is 2.32. The summed E-state index contributed by atoms with van der Waals surface area (Å²) in [5.74, 6) is 0.967. The highest BCUT2D eigenvalue weighted by Gasteiger charge is 2.24. The summed E-state index contributed by atoms with van der Waals surface area (Å²) in [6.45, 7) is 4.22. The highest BCUT2D eigenvalue weighted by Crippen LogP contribution is 2.27. The molecule has 1 nitrogen and oxygen atoms in total. The Labute approximate surface area is 78.0 Å². The predicted molar refractivity (Wildman–Crippen MR) is 51.2 cm³/mol. The van der Waals surface area contributed by atoms with Crippen LogP contribution in [0.4, 0.5) is 4.39 Å². The molecule has 0 amide bonds. The van der Waals surface area contributed by atoms with E-state index in [9.17, 15) is 4.39 Å². The van der Waals surface area contributed by atoms with Crippen LogP contribution in [0.25, 0.3) is 0 Å². The monoisotopic (exact) mass is 179 g/mol. The van der Waals surface area contributed by atoms with Crippen LogP contribution < -0.4 is 5.32 Å². The molecule has 1 aromatic rings. The van der Waals surface area contributed by atoms with Crippen molar-refractivity contribution >= 4 is 0 Å². The molecule has 0 unspecified atom stereocenters. The number of rotatable bonds is 1. The van der Waals surface area contributed by atoms with Crippen LogP contribution in [0.5, 0.6) is 0 Å². The molecule has 13 heavy (non-hydrogen) atoms. The van der Waals surface area contributed by atoms with Gasteiger partial charge in [0.05, 0.1) is 0 Å². The molecule has 0 aromatic heterocycles. The van der Waals surface area contributed by atoms with Gasteiger partial charge in [-0.3, -0.25) is 0 Å². The average molecular weight is 179 g/mol. The number of benzene rings is 1. The third-order valence-corrected chi connectivity index (χ3v) is 2.79. The maximum Gasteiger partial charge on any atom is 0.123 e. The van der Waals surface area contributed by atoms with E-state index in [0.29, 0.717) is 11.8 Å². The van der Waals surface area contributed by atoms with Gasteiger partial charge in [-0.1, -0.05) is 19.1 Å². The van der Waals surface area contributed by atoms with Crippen LogP contribution in [0.1, 0.15) is 18.4 Å². The van der Waals surface area contributed by atoms with Crippen molar-refractivity contribution < 1.29 is 4.39 Å². The number of nitrogens with one attached hydrogen (secondary N) is 1. The van der Waals surface area contributed by atoms with Gasteiger partial charge in [0.2, 0.25) is 0 Å². The highest BCUT2D eigenvalue weighted by atomic mass is 19.1. The first kappa shape index (κ1) is 8.70. The molecule has 1 aromatic carbocycles. The second-order valence-corrected chi connectivity index (χ2v) is 3.80. The fraction of sp³-hybridized carbons (Fsp3) is 0.455. The van der Waals surface area contributed by atoms with Crippen LogP contribution in [0.2, 0.25) is 0 Å². The topological polar surface area (TPSA) is 12.0 Å². The van der Waals surface area contributed by atoms with Gasteiger partial charge in [0, 0.05) is 12.5 Å². The average Bonchev–Trinajstić information content (AvgIpc) is 2.51. The van der Waals surface area contributed by atoms with E-state index in [2.05, 4.69) is 12.2 Å². The molecule has 1 aliphatic rings. The summed E-state index contributed by atoms with van der Waals surface area (Å²) < 4.78 is 12.9. The number of hydrogen-bond donors (Lipinski definition) is 1. The van der Waals surface area contributed by atoms with Crippen molar-refractivity contribution in [2.45, 2.75) is 12.8 Å². The molecular formula is C11H14FN. The van der Waals surface area contributed by atoms with Gasteiger partial charge < -0.3 is 5.32 Å². The first-order chi connectivity index (χ1) is 6.27. The molecule has 1 aliphatic heterocycles. The Morgan fingerprint density at radius 1 is 1.38 bits per heavy atom. The zero-order valence-corrected chi connectivity index (χ0v) is 7.76. The minimum absolute atomic E-state index is 0.128. The lowest BCUT2D eigenvalue weighted by molar-refractivity contribution is 0.564. The Balaban J connectivity index is 2.24. The van der Waals surface area contributed by atoms with E-state index in [1.807, 2.05) is 6.07 Å². The van der Waals surface area contributed by atoms with E-state index in [4.69, 9.17) is 0 Å². The lowest BCUT2D eigenvalue weighted by atomic mass is 9.90. The SMILES string of the molecule is C[C@H]1CNC[C@H]1c1cccc(F)c1. The molecule has 0 bridgehead atoms. The van der Waals surface area contributed by atoms with Crippen molar-refractivity contribution in [3.8, 4) is 0 Å². The molecular weight excluding hydrogens is 165 g/mol. The van der Waals surface area contributed by atoms with Crippen LogP contribution in [0.15, 0.2) is 24.3 Å². The summed E-state index contributed by atoms with van der Waals surface area (Å²) in [6.07, 6.45) is 0. The van der Waals surface area contributed by atoms with E-state index in [0.717, 1.165) is 18.7 Å². The van der Waals surface area contributed by atoms with Crippen LogP contribution in [0.3, 0.4) is 0 Å². The summed E-state index contributed by atoms with van der Waals surface area (Å²) in [5.41, 5.74) is 1.12. The molecule has 1 heterocycles. The largest absolute Gasteiger partial charge is 0.316 e. The fourth-order valence-corrected chi connectivity index (χ4v) is 1.99. The Hall–Kier alpha value is -0.890. The Morgan fingerprint density at radius 3 is 2.85 bits per heavy atom. The van der Waals surface area contributed by atoms with Gasteiger partial charge in [0.1, 0.15) is 5.82 Å². The zero-order valence-electron chi connectivity index (χ0n) is 7.76. The van der Waals surface area contributed by atoms with E-state index in [-0.39, 0.29) is 5.82 Å². The number of halogens is 1. The number of hydrogen-bond acceptors (Lipinski definition) is 1. The molecule has 1 fully saturated rings. The van der Waals surface area contributed by atoms with Crippen molar-refractivity contribution in [2.75, 3.05) is 13.1 Å².